The Labute approximate surface area is 171 Å². The third-order valence-electron chi connectivity index (χ3n) is 3.87. The van der Waals surface area contributed by atoms with E-state index < -0.39 is 0 Å². The molecule has 0 bridgehead atoms. The number of thiocarbonyl (C=S) groups is 1. The summed E-state index contributed by atoms with van der Waals surface area (Å²) in [6.45, 7) is 4.72. The molecule has 0 unspecified atom stereocenters. The molecule has 1 aliphatic rings. The van der Waals surface area contributed by atoms with Crippen LogP contribution >= 0.6 is 39.9 Å². The smallest absolute Gasteiger partial charge is 0.270 e. The summed E-state index contributed by atoms with van der Waals surface area (Å²) < 4.78 is 7.09. The van der Waals surface area contributed by atoms with Gasteiger partial charge in [0.1, 0.15) is 5.75 Å². The number of anilines is 1. The number of carbonyl (C=O) groups is 1. The molecule has 134 valence electrons. The molecule has 2 aromatic carbocycles. The average Bonchev–Trinajstić information content (AvgIpc) is 2.88. The zero-order valence-corrected chi connectivity index (χ0v) is 17.7. The van der Waals surface area contributed by atoms with E-state index in [1.165, 1.54) is 11.8 Å². The van der Waals surface area contributed by atoms with Crippen molar-refractivity contribution in [2.24, 2.45) is 0 Å². The van der Waals surface area contributed by atoms with Crippen molar-refractivity contribution in [1.82, 2.24) is 0 Å². The Kier molecular flexibility index (Phi) is 6.16. The molecule has 0 aromatic heterocycles. The third kappa shape index (κ3) is 4.03. The van der Waals surface area contributed by atoms with Gasteiger partial charge in [-0.05, 0) is 64.7 Å². The van der Waals surface area contributed by atoms with Crippen LogP contribution in [0.4, 0.5) is 5.69 Å². The minimum atomic E-state index is -0.0864. The van der Waals surface area contributed by atoms with Crippen molar-refractivity contribution in [3.63, 3.8) is 0 Å². The van der Waals surface area contributed by atoms with E-state index in [1.54, 1.807) is 4.90 Å². The Hall–Kier alpha value is -1.63. The summed E-state index contributed by atoms with van der Waals surface area (Å²) in [5, 5.41) is 0. The number of halogens is 1. The van der Waals surface area contributed by atoms with Gasteiger partial charge in [-0.2, -0.15) is 0 Å². The Bertz CT molecular complexity index is 895. The zero-order valence-electron chi connectivity index (χ0n) is 14.5. The number of nitrogens with zero attached hydrogens (tertiary/aromatic N) is 1. The van der Waals surface area contributed by atoms with E-state index in [-0.39, 0.29) is 5.91 Å². The van der Waals surface area contributed by atoms with Crippen LogP contribution in [-0.4, -0.2) is 16.8 Å². The largest absolute Gasteiger partial charge is 0.492 e. The monoisotopic (exact) mass is 447 g/mol. The molecule has 2 aromatic rings. The van der Waals surface area contributed by atoms with Crippen LogP contribution in [0.1, 0.15) is 24.5 Å². The maximum Gasteiger partial charge on any atom is 0.270 e. The van der Waals surface area contributed by atoms with Crippen LogP contribution < -0.4 is 9.64 Å². The van der Waals surface area contributed by atoms with E-state index in [4.69, 9.17) is 17.0 Å². The number of hydrogen-bond acceptors (Lipinski definition) is 4. The van der Waals surface area contributed by atoms with Gasteiger partial charge in [-0.25, -0.2) is 0 Å². The number of benzene rings is 2. The first-order chi connectivity index (χ1) is 12.5. The number of amides is 1. The van der Waals surface area contributed by atoms with E-state index in [2.05, 4.69) is 22.9 Å². The molecule has 1 saturated heterocycles. The Morgan fingerprint density at radius 3 is 2.73 bits per heavy atom. The average molecular weight is 448 g/mol. The zero-order chi connectivity index (χ0) is 18.7. The lowest BCUT2D eigenvalue weighted by molar-refractivity contribution is -0.113. The molecule has 3 nitrogen and oxygen atoms in total. The van der Waals surface area contributed by atoms with Gasteiger partial charge in [0.25, 0.3) is 5.91 Å². The second-order valence-corrected chi connectivity index (χ2v) is 8.37. The van der Waals surface area contributed by atoms with Crippen molar-refractivity contribution in [3.05, 3.63) is 63.0 Å². The lowest BCUT2D eigenvalue weighted by Crippen LogP contribution is -2.28. The molecule has 0 radical (unpaired) electrons. The summed E-state index contributed by atoms with van der Waals surface area (Å²) >= 11 is 10.3. The van der Waals surface area contributed by atoms with Gasteiger partial charge in [0.2, 0.25) is 0 Å². The van der Waals surface area contributed by atoms with Gasteiger partial charge in [-0.3, -0.25) is 9.69 Å². The Morgan fingerprint density at radius 2 is 2.04 bits per heavy atom. The molecule has 6 heteroatoms. The molecule has 0 atom stereocenters. The summed E-state index contributed by atoms with van der Waals surface area (Å²) in [6.07, 6.45) is 2.82. The summed E-state index contributed by atoms with van der Waals surface area (Å²) in [5.74, 6) is 0.716. The molecular formula is C20H18BrNO2S2. The first-order valence-corrected chi connectivity index (χ1v) is 10.3. The van der Waals surface area contributed by atoms with Crippen molar-refractivity contribution in [2.75, 3.05) is 11.5 Å². The predicted octanol–water partition coefficient (Wildman–Crippen LogP) is 5.95. The number of carbonyl (C=O) groups excluding carboxylic acids is 1. The summed E-state index contributed by atoms with van der Waals surface area (Å²) in [6, 6.07) is 13.6. The first-order valence-electron chi connectivity index (χ1n) is 8.27. The first kappa shape index (κ1) is 19.1. The fourth-order valence-corrected chi connectivity index (χ4v) is 4.37. The van der Waals surface area contributed by atoms with E-state index in [9.17, 15) is 4.79 Å². The summed E-state index contributed by atoms with van der Waals surface area (Å²) in [4.78, 5) is 15.1. The number of thioether (sulfide) groups is 1. The predicted molar refractivity (Wildman–Crippen MR) is 117 cm³/mol. The number of aryl methyl sites for hydroxylation is 1. The van der Waals surface area contributed by atoms with Gasteiger partial charge in [0, 0.05) is 0 Å². The van der Waals surface area contributed by atoms with Crippen LogP contribution in [-0.2, 0) is 4.79 Å². The van der Waals surface area contributed by atoms with Crippen molar-refractivity contribution in [1.29, 1.82) is 0 Å². The lowest BCUT2D eigenvalue weighted by Gasteiger charge is -2.16. The molecule has 0 N–H and O–H groups in total. The highest BCUT2D eigenvalue weighted by atomic mass is 79.9. The normalized spacial score (nSPS) is 15.8. The quantitative estimate of drug-likeness (QED) is 0.418. The van der Waals surface area contributed by atoms with Crippen molar-refractivity contribution in [2.45, 2.75) is 20.3 Å². The van der Waals surface area contributed by atoms with Crippen LogP contribution in [0.2, 0.25) is 0 Å². The fourth-order valence-electron chi connectivity index (χ4n) is 2.58. The maximum atomic E-state index is 12.9. The van der Waals surface area contributed by atoms with Gasteiger partial charge < -0.3 is 4.74 Å². The maximum absolute atomic E-state index is 12.9. The standard InChI is InChI=1S/C20H18BrNO2S2/c1-3-10-24-17-9-8-14(11-15(17)21)12-18-19(23)22(20(25)26-18)16-7-5-4-6-13(16)2/h4-9,11-12H,3,10H2,1-2H3/b18-12-. The SMILES string of the molecule is CCCOc1ccc(/C=C2\SC(=S)N(c3ccccc3C)C2=O)cc1Br. The second-order valence-electron chi connectivity index (χ2n) is 5.84. The molecule has 0 aliphatic carbocycles. The summed E-state index contributed by atoms with van der Waals surface area (Å²) in [7, 11) is 0. The van der Waals surface area contributed by atoms with Gasteiger partial charge >= 0.3 is 0 Å². The van der Waals surface area contributed by atoms with Gasteiger partial charge in [0.05, 0.1) is 21.7 Å². The van der Waals surface area contributed by atoms with Crippen LogP contribution in [0.5, 0.6) is 5.75 Å². The number of hydrogen-bond donors (Lipinski definition) is 0. The molecule has 1 amide bonds. The molecule has 1 aliphatic heterocycles. The van der Waals surface area contributed by atoms with Crippen molar-refractivity contribution >= 4 is 61.9 Å². The van der Waals surface area contributed by atoms with E-state index >= 15 is 0 Å². The number of rotatable bonds is 5. The Balaban J connectivity index is 1.86. The summed E-state index contributed by atoms with van der Waals surface area (Å²) in [5.41, 5.74) is 2.78. The molecule has 0 spiro atoms. The second kappa shape index (κ2) is 8.37. The molecular weight excluding hydrogens is 430 g/mol. The van der Waals surface area contributed by atoms with Crippen molar-refractivity contribution in [3.8, 4) is 5.75 Å². The van der Waals surface area contributed by atoms with E-state index in [1.807, 2.05) is 55.5 Å². The molecule has 0 saturated carbocycles. The van der Waals surface area contributed by atoms with Gasteiger partial charge in [0.15, 0.2) is 4.32 Å². The molecule has 26 heavy (non-hydrogen) atoms. The van der Waals surface area contributed by atoms with Gasteiger partial charge in [-0.15, -0.1) is 0 Å². The van der Waals surface area contributed by atoms with Crippen LogP contribution in [0, 0.1) is 6.92 Å². The topological polar surface area (TPSA) is 29.5 Å². The minimum absolute atomic E-state index is 0.0864. The van der Waals surface area contributed by atoms with E-state index in [0.717, 1.165) is 33.5 Å². The van der Waals surface area contributed by atoms with Crippen LogP contribution in [0.25, 0.3) is 6.08 Å². The van der Waals surface area contributed by atoms with Gasteiger partial charge in [-0.1, -0.05) is 55.2 Å². The van der Waals surface area contributed by atoms with Crippen molar-refractivity contribution < 1.29 is 9.53 Å². The Morgan fingerprint density at radius 1 is 1.27 bits per heavy atom. The van der Waals surface area contributed by atoms with Crippen LogP contribution in [0.3, 0.4) is 0 Å². The highest BCUT2D eigenvalue weighted by Crippen LogP contribution is 2.37. The number of ether oxygens (including phenoxy) is 1. The van der Waals surface area contributed by atoms with Crippen LogP contribution in [0.15, 0.2) is 51.8 Å². The third-order valence-corrected chi connectivity index (χ3v) is 5.79. The molecule has 1 fully saturated rings. The highest BCUT2D eigenvalue weighted by Gasteiger charge is 2.33. The molecule has 1 heterocycles. The number of para-hydroxylation sites is 1. The fraction of sp³-hybridized carbons (Fsp3) is 0.200. The minimum Gasteiger partial charge on any atom is -0.492 e. The lowest BCUT2D eigenvalue weighted by atomic mass is 10.1. The van der Waals surface area contributed by atoms with E-state index in [0.29, 0.717) is 15.8 Å². The highest BCUT2D eigenvalue weighted by molar-refractivity contribution is 9.10. The molecule has 3 rings (SSSR count).